The maximum Gasteiger partial charge on any atom is 0.270 e. The number of aromatic amines is 1. The predicted molar refractivity (Wildman–Crippen MR) is 86.9 cm³/mol. The number of H-pyrrole nitrogens is 1. The Balaban J connectivity index is 1.58. The summed E-state index contributed by atoms with van der Waals surface area (Å²) in [5.74, 6) is 0.401. The van der Waals surface area contributed by atoms with E-state index in [2.05, 4.69) is 30.9 Å². The van der Waals surface area contributed by atoms with Crippen molar-refractivity contribution in [3.05, 3.63) is 66.0 Å². The monoisotopic (exact) mass is 322 g/mol. The van der Waals surface area contributed by atoms with Gasteiger partial charge in [0.25, 0.3) is 11.9 Å². The van der Waals surface area contributed by atoms with Gasteiger partial charge in [0, 0.05) is 18.3 Å². The summed E-state index contributed by atoms with van der Waals surface area (Å²) in [6.45, 7) is 0.465. The van der Waals surface area contributed by atoms with Crippen molar-refractivity contribution < 1.29 is 9.53 Å². The van der Waals surface area contributed by atoms with Gasteiger partial charge in [-0.1, -0.05) is 35.4 Å². The Bertz CT molecular complexity index is 818. The number of amides is 1. The quantitative estimate of drug-likeness (QED) is 0.671. The first-order valence-corrected chi connectivity index (χ1v) is 7.15. The minimum Gasteiger partial charge on any atom is -0.489 e. The van der Waals surface area contributed by atoms with Crippen LogP contribution in [-0.2, 0) is 11.4 Å². The number of anilines is 1. The zero-order chi connectivity index (χ0) is 16.6. The van der Waals surface area contributed by atoms with E-state index in [0.29, 0.717) is 18.1 Å². The zero-order valence-corrected chi connectivity index (χ0v) is 12.6. The van der Waals surface area contributed by atoms with Crippen LogP contribution in [0.4, 0.5) is 5.95 Å². The molecule has 0 fully saturated rings. The molecule has 2 heterocycles. The molecule has 1 aromatic carbocycles. The third kappa shape index (κ3) is 4.47. The van der Waals surface area contributed by atoms with Crippen LogP contribution in [0.25, 0.3) is 6.08 Å². The molecule has 24 heavy (non-hydrogen) atoms. The van der Waals surface area contributed by atoms with Gasteiger partial charge in [-0.05, 0) is 22.9 Å². The summed E-state index contributed by atoms with van der Waals surface area (Å²) in [4.78, 5) is 15.9. The SMILES string of the molecule is O=C(C=Cc1cc(OCc2ccccc2)ccn1)Nc1nn[nH]n1. The minimum atomic E-state index is -0.381. The highest BCUT2D eigenvalue weighted by Crippen LogP contribution is 2.14. The van der Waals surface area contributed by atoms with Crippen molar-refractivity contribution in [2.24, 2.45) is 0 Å². The number of carbonyl (C=O) groups excluding carboxylic acids is 1. The van der Waals surface area contributed by atoms with Crippen molar-refractivity contribution in [2.75, 3.05) is 5.32 Å². The second kappa shape index (κ2) is 7.63. The number of rotatable bonds is 6. The number of carbonyl (C=O) groups is 1. The largest absolute Gasteiger partial charge is 0.489 e. The number of aromatic nitrogens is 5. The maximum absolute atomic E-state index is 11.7. The lowest BCUT2D eigenvalue weighted by atomic mass is 10.2. The van der Waals surface area contributed by atoms with Crippen LogP contribution < -0.4 is 10.1 Å². The molecule has 0 atom stereocenters. The van der Waals surface area contributed by atoms with E-state index in [9.17, 15) is 4.79 Å². The van der Waals surface area contributed by atoms with Crippen LogP contribution in [0.5, 0.6) is 5.75 Å². The molecule has 0 aliphatic rings. The summed E-state index contributed by atoms with van der Waals surface area (Å²) < 4.78 is 5.72. The summed E-state index contributed by atoms with van der Waals surface area (Å²) in [5.41, 5.74) is 1.68. The first-order chi connectivity index (χ1) is 11.8. The minimum absolute atomic E-state index is 0.109. The molecule has 1 amide bonds. The highest BCUT2D eigenvalue weighted by molar-refractivity contribution is 6.00. The van der Waals surface area contributed by atoms with Gasteiger partial charge < -0.3 is 4.74 Å². The lowest BCUT2D eigenvalue weighted by Crippen LogP contribution is -2.09. The van der Waals surface area contributed by atoms with Crippen molar-refractivity contribution in [3.63, 3.8) is 0 Å². The molecule has 3 aromatic rings. The Hall–Kier alpha value is -3.55. The van der Waals surface area contributed by atoms with Gasteiger partial charge in [-0.2, -0.15) is 5.21 Å². The van der Waals surface area contributed by atoms with Gasteiger partial charge >= 0.3 is 0 Å². The Morgan fingerprint density at radius 2 is 2.12 bits per heavy atom. The molecule has 3 rings (SSSR count). The Morgan fingerprint density at radius 1 is 1.25 bits per heavy atom. The van der Waals surface area contributed by atoms with Crippen LogP contribution in [0.15, 0.2) is 54.7 Å². The van der Waals surface area contributed by atoms with Gasteiger partial charge in [-0.25, -0.2) is 0 Å². The van der Waals surface area contributed by atoms with Gasteiger partial charge in [0.1, 0.15) is 12.4 Å². The summed E-state index contributed by atoms with van der Waals surface area (Å²) in [5, 5.41) is 15.3. The van der Waals surface area contributed by atoms with Gasteiger partial charge in [0.15, 0.2) is 0 Å². The smallest absolute Gasteiger partial charge is 0.270 e. The van der Waals surface area contributed by atoms with Crippen molar-refractivity contribution in [1.29, 1.82) is 0 Å². The number of nitrogens with zero attached hydrogens (tertiary/aromatic N) is 4. The third-order valence-electron chi connectivity index (χ3n) is 2.99. The zero-order valence-electron chi connectivity index (χ0n) is 12.6. The van der Waals surface area contributed by atoms with Crippen molar-refractivity contribution in [1.82, 2.24) is 25.6 Å². The molecule has 8 heteroatoms. The molecular formula is C16H14N6O2. The Labute approximate surface area is 137 Å². The molecule has 0 spiro atoms. The van der Waals surface area contributed by atoms with E-state index < -0.39 is 0 Å². The summed E-state index contributed by atoms with van der Waals surface area (Å²) in [6, 6.07) is 13.4. The number of pyridine rings is 1. The Kier molecular flexibility index (Phi) is 4.88. The molecule has 120 valence electrons. The second-order valence-corrected chi connectivity index (χ2v) is 4.75. The lowest BCUT2D eigenvalue weighted by Gasteiger charge is -2.06. The van der Waals surface area contributed by atoms with Crippen molar-refractivity contribution >= 4 is 17.9 Å². The molecule has 0 saturated carbocycles. The van der Waals surface area contributed by atoms with E-state index in [1.54, 1.807) is 24.4 Å². The first kappa shape index (κ1) is 15.3. The van der Waals surface area contributed by atoms with Gasteiger partial charge in [-0.3, -0.25) is 15.1 Å². The summed E-state index contributed by atoms with van der Waals surface area (Å²) in [7, 11) is 0. The van der Waals surface area contributed by atoms with Gasteiger partial charge in [-0.15, -0.1) is 5.10 Å². The van der Waals surface area contributed by atoms with E-state index in [1.807, 2.05) is 30.3 Å². The van der Waals surface area contributed by atoms with E-state index in [0.717, 1.165) is 5.56 Å². The lowest BCUT2D eigenvalue weighted by molar-refractivity contribution is -0.111. The molecule has 2 N–H and O–H groups in total. The molecular weight excluding hydrogens is 308 g/mol. The van der Waals surface area contributed by atoms with E-state index in [-0.39, 0.29) is 11.9 Å². The normalized spacial score (nSPS) is 10.7. The summed E-state index contributed by atoms with van der Waals surface area (Å²) >= 11 is 0. The molecule has 8 nitrogen and oxygen atoms in total. The van der Waals surface area contributed by atoms with Crippen molar-refractivity contribution in [3.8, 4) is 5.75 Å². The highest BCUT2D eigenvalue weighted by Gasteiger charge is 2.02. The van der Waals surface area contributed by atoms with E-state index in [1.165, 1.54) is 6.08 Å². The molecule has 0 bridgehead atoms. The van der Waals surface area contributed by atoms with Gasteiger partial charge in [0.05, 0.1) is 5.69 Å². The molecule has 0 aliphatic heterocycles. The first-order valence-electron chi connectivity index (χ1n) is 7.15. The average Bonchev–Trinajstić information content (AvgIpc) is 3.12. The maximum atomic E-state index is 11.7. The van der Waals surface area contributed by atoms with Crippen LogP contribution in [0.1, 0.15) is 11.3 Å². The van der Waals surface area contributed by atoms with Crippen LogP contribution >= 0.6 is 0 Å². The number of hydrogen-bond acceptors (Lipinski definition) is 6. The molecule has 0 unspecified atom stereocenters. The second-order valence-electron chi connectivity index (χ2n) is 4.75. The fraction of sp³-hybridized carbons (Fsp3) is 0.0625. The number of ether oxygens (including phenoxy) is 1. The van der Waals surface area contributed by atoms with Crippen LogP contribution in [0.2, 0.25) is 0 Å². The number of nitrogens with one attached hydrogen (secondary N) is 2. The fourth-order valence-corrected chi connectivity index (χ4v) is 1.88. The Morgan fingerprint density at radius 3 is 2.92 bits per heavy atom. The van der Waals surface area contributed by atoms with Crippen LogP contribution in [-0.4, -0.2) is 31.5 Å². The number of hydrogen-bond donors (Lipinski definition) is 2. The van der Waals surface area contributed by atoms with Gasteiger partial charge in [0.2, 0.25) is 0 Å². The van der Waals surface area contributed by atoms with Crippen molar-refractivity contribution in [2.45, 2.75) is 6.61 Å². The number of tetrazole rings is 1. The average molecular weight is 322 g/mol. The predicted octanol–water partition coefficient (Wildman–Crippen LogP) is 1.83. The standard InChI is InChI=1S/C16H14N6O2/c23-15(18-16-19-21-22-20-16)7-6-13-10-14(8-9-17-13)24-11-12-4-2-1-3-5-12/h1-10H,11H2,(H2,18,19,20,21,22,23). The number of benzene rings is 1. The summed E-state index contributed by atoms with van der Waals surface area (Å²) in [6.07, 6.45) is 4.53. The van der Waals surface area contributed by atoms with E-state index in [4.69, 9.17) is 4.74 Å². The molecule has 2 aromatic heterocycles. The fourth-order valence-electron chi connectivity index (χ4n) is 1.88. The molecule has 0 radical (unpaired) electrons. The van der Waals surface area contributed by atoms with Crippen LogP contribution in [0.3, 0.4) is 0 Å². The highest BCUT2D eigenvalue weighted by atomic mass is 16.5. The molecule has 0 saturated heterocycles. The molecule has 0 aliphatic carbocycles. The van der Waals surface area contributed by atoms with Crippen LogP contribution in [0, 0.1) is 0 Å². The van der Waals surface area contributed by atoms with E-state index >= 15 is 0 Å². The topological polar surface area (TPSA) is 106 Å². The third-order valence-corrected chi connectivity index (χ3v) is 2.99.